The number of allylic oxidation sites excluding steroid dienone is 2. The smallest absolute Gasteiger partial charge is 0.0277 e. The van der Waals surface area contributed by atoms with E-state index in [9.17, 15) is 0 Å². The van der Waals surface area contributed by atoms with Crippen molar-refractivity contribution in [2.24, 2.45) is 10.9 Å². The van der Waals surface area contributed by atoms with E-state index in [0.29, 0.717) is 5.92 Å². The lowest BCUT2D eigenvalue weighted by Gasteiger charge is -2.01. The van der Waals surface area contributed by atoms with Gasteiger partial charge in [-0.3, -0.25) is 4.99 Å². The molecule has 0 aromatic carbocycles. The Labute approximate surface area is 76.6 Å². The fourth-order valence-electron chi connectivity index (χ4n) is 0.598. The van der Waals surface area contributed by atoms with Crippen molar-refractivity contribution in [3.8, 4) is 12.3 Å². The molecule has 0 aliphatic heterocycles. The molecule has 0 rings (SSSR count). The molecular weight excluding hydrogens is 146 g/mol. The van der Waals surface area contributed by atoms with Crippen LogP contribution in [0.2, 0.25) is 0 Å². The van der Waals surface area contributed by atoms with Crippen LogP contribution in [0.4, 0.5) is 0 Å². The first kappa shape index (κ1) is 13.6. The van der Waals surface area contributed by atoms with Gasteiger partial charge in [-0.1, -0.05) is 33.6 Å². The van der Waals surface area contributed by atoms with Crippen LogP contribution in [0.25, 0.3) is 0 Å². The molecule has 0 atom stereocenters. The number of aliphatic imine (C=N–C) groups is 1. The number of rotatable bonds is 2. The van der Waals surface area contributed by atoms with E-state index in [1.54, 1.807) is 19.3 Å². The highest BCUT2D eigenvalue weighted by atomic mass is 14.6. The molecule has 0 radical (unpaired) electrons. The number of terminal acetylenes is 1. The van der Waals surface area contributed by atoms with Crippen molar-refractivity contribution >= 4 is 6.21 Å². The van der Waals surface area contributed by atoms with Gasteiger partial charge in [-0.25, -0.2) is 0 Å². The summed E-state index contributed by atoms with van der Waals surface area (Å²) in [5.41, 5.74) is 1.10. The lowest BCUT2D eigenvalue weighted by Crippen LogP contribution is -1.94. The van der Waals surface area contributed by atoms with Crippen LogP contribution in [0, 0.1) is 18.3 Å². The molecule has 0 aromatic rings. The minimum atomic E-state index is 0.458. The van der Waals surface area contributed by atoms with Crippen molar-refractivity contribution in [3.05, 3.63) is 11.6 Å². The molecule has 12 heavy (non-hydrogen) atoms. The van der Waals surface area contributed by atoms with Crippen LogP contribution in [0.15, 0.2) is 16.6 Å². The van der Waals surface area contributed by atoms with Crippen molar-refractivity contribution in [1.29, 1.82) is 0 Å². The highest BCUT2D eigenvalue weighted by molar-refractivity contribution is 5.79. The Morgan fingerprint density at radius 1 is 1.42 bits per heavy atom. The third-order valence-electron chi connectivity index (χ3n) is 1.19. The fraction of sp³-hybridized carbons (Fsp3) is 0.545. The molecule has 0 saturated heterocycles. The first-order valence-corrected chi connectivity index (χ1v) is 4.30. The van der Waals surface area contributed by atoms with Gasteiger partial charge >= 0.3 is 0 Å². The molecule has 0 fully saturated rings. The zero-order chi connectivity index (χ0) is 9.98. The molecule has 1 nitrogen and oxygen atoms in total. The van der Waals surface area contributed by atoms with Gasteiger partial charge in [0.25, 0.3) is 0 Å². The van der Waals surface area contributed by atoms with E-state index in [1.807, 2.05) is 13.8 Å². The summed E-state index contributed by atoms with van der Waals surface area (Å²) in [6.45, 7) is 8.18. The molecule has 0 spiro atoms. The molecule has 0 aliphatic rings. The summed E-state index contributed by atoms with van der Waals surface area (Å²) in [5.74, 6) is 2.94. The van der Waals surface area contributed by atoms with Gasteiger partial charge in [0.15, 0.2) is 0 Å². The first-order valence-electron chi connectivity index (χ1n) is 4.30. The summed E-state index contributed by atoms with van der Waals surface area (Å²) >= 11 is 0. The molecule has 0 saturated carbocycles. The molecular formula is C11H19N. The van der Waals surface area contributed by atoms with Gasteiger partial charge in [-0.05, 0) is 17.6 Å². The van der Waals surface area contributed by atoms with E-state index in [-0.39, 0.29) is 0 Å². The quantitative estimate of drug-likeness (QED) is 0.440. The van der Waals surface area contributed by atoms with Crippen molar-refractivity contribution in [2.75, 3.05) is 7.05 Å². The van der Waals surface area contributed by atoms with Crippen LogP contribution < -0.4 is 0 Å². The maximum Gasteiger partial charge on any atom is 0.0277 e. The fourth-order valence-corrected chi connectivity index (χ4v) is 0.598. The van der Waals surface area contributed by atoms with E-state index < -0.39 is 0 Å². The Kier molecular flexibility index (Phi) is 11.3. The number of nitrogens with zero attached hydrogens (tertiary/aromatic N) is 1. The van der Waals surface area contributed by atoms with Gasteiger partial charge in [0.2, 0.25) is 0 Å². The molecule has 0 amide bonds. The highest BCUT2D eigenvalue weighted by Gasteiger charge is 1.96. The van der Waals surface area contributed by atoms with Gasteiger partial charge in [-0.15, -0.1) is 6.42 Å². The van der Waals surface area contributed by atoms with Crippen LogP contribution in [-0.4, -0.2) is 13.3 Å². The summed E-state index contributed by atoms with van der Waals surface area (Å²) in [6.07, 6.45) is 8.65. The maximum atomic E-state index is 5.11. The Morgan fingerprint density at radius 3 is 2.17 bits per heavy atom. The normalized spacial score (nSPS) is 10.9. The molecule has 0 aliphatic carbocycles. The molecule has 0 N–H and O–H groups in total. The van der Waals surface area contributed by atoms with Crippen LogP contribution in [-0.2, 0) is 0 Å². The topological polar surface area (TPSA) is 12.4 Å². The van der Waals surface area contributed by atoms with E-state index in [1.165, 1.54) is 0 Å². The standard InChI is InChI=1S/C9H13N.C2H6/c1-5-6-9(7-10-4)8(2)3;1-2/h1,6-8H,2-4H3;1-2H3/b9-6+,10-7?;. The summed E-state index contributed by atoms with van der Waals surface area (Å²) < 4.78 is 0. The first-order chi connectivity index (χ1) is 5.72. The monoisotopic (exact) mass is 165 g/mol. The number of hydrogen-bond acceptors (Lipinski definition) is 1. The zero-order valence-corrected chi connectivity index (χ0v) is 8.76. The van der Waals surface area contributed by atoms with Crippen molar-refractivity contribution in [1.82, 2.24) is 0 Å². The van der Waals surface area contributed by atoms with E-state index in [4.69, 9.17) is 6.42 Å². The van der Waals surface area contributed by atoms with Crippen LogP contribution >= 0.6 is 0 Å². The maximum absolute atomic E-state index is 5.11. The van der Waals surface area contributed by atoms with Crippen molar-refractivity contribution < 1.29 is 0 Å². The van der Waals surface area contributed by atoms with Gasteiger partial charge in [0.1, 0.15) is 0 Å². The average molecular weight is 165 g/mol. The third-order valence-corrected chi connectivity index (χ3v) is 1.19. The second kappa shape index (κ2) is 9.97. The van der Waals surface area contributed by atoms with Gasteiger partial charge in [0.05, 0.1) is 0 Å². The molecule has 68 valence electrons. The van der Waals surface area contributed by atoms with Crippen LogP contribution in [0.3, 0.4) is 0 Å². The minimum Gasteiger partial charge on any atom is -0.296 e. The van der Waals surface area contributed by atoms with E-state index in [0.717, 1.165) is 5.57 Å². The largest absolute Gasteiger partial charge is 0.296 e. The molecule has 0 aromatic heterocycles. The molecule has 1 heteroatoms. The Morgan fingerprint density at radius 2 is 1.92 bits per heavy atom. The second-order valence-corrected chi connectivity index (χ2v) is 2.35. The van der Waals surface area contributed by atoms with Crippen LogP contribution in [0.1, 0.15) is 27.7 Å². The van der Waals surface area contributed by atoms with E-state index >= 15 is 0 Å². The molecule has 0 bridgehead atoms. The predicted octanol–water partition coefficient (Wildman–Crippen LogP) is 2.93. The SMILES string of the molecule is C#C/C=C(\C=NC)C(C)C.CC. The zero-order valence-electron chi connectivity index (χ0n) is 8.76. The summed E-state index contributed by atoms with van der Waals surface area (Å²) in [5, 5.41) is 0. The second-order valence-electron chi connectivity index (χ2n) is 2.35. The summed E-state index contributed by atoms with van der Waals surface area (Å²) in [7, 11) is 1.74. The van der Waals surface area contributed by atoms with Crippen molar-refractivity contribution in [3.63, 3.8) is 0 Å². The minimum absolute atomic E-state index is 0.458. The lowest BCUT2D eigenvalue weighted by atomic mass is 10.0. The molecule has 0 unspecified atom stereocenters. The van der Waals surface area contributed by atoms with Gasteiger partial charge in [-0.2, -0.15) is 0 Å². The Hall–Kier alpha value is -1.03. The summed E-state index contributed by atoms with van der Waals surface area (Å²) in [6, 6.07) is 0. The Bertz CT molecular complexity index is 180. The van der Waals surface area contributed by atoms with Gasteiger partial charge in [0, 0.05) is 13.3 Å². The van der Waals surface area contributed by atoms with E-state index in [2.05, 4.69) is 24.8 Å². The Balaban J connectivity index is 0. The predicted molar refractivity (Wildman–Crippen MR) is 57.5 cm³/mol. The van der Waals surface area contributed by atoms with Crippen LogP contribution in [0.5, 0.6) is 0 Å². The number of hydrogen-bond donors (Lipinski definition) is 0. The lowest BCUT2D eigenvalue weighted by molar-refractivity contribution is 0.807. The summed E-state index contributed by atoms with van der Waals surface area (Å²) in [4.78, 5) is 3.89. The average Bonchev–Trinajstić information content (AvgIpc) is 2.08. The molecule has 0 heterocycles. The third kappa shape index (κ3) is 7.08. The van der Waals surface area contributed by atoms with Gasteiger partial charge < -0.3 is 0 Å². The van der Waals surface area contributed by atoms with Crippen molar-refractivity contribution in [2.45, 2.75) is 27.7 Å². The highest BCUT2D eigenvalue weighted by Crippen LogP contribution is 2.05.